The van der Waals surface area contributed by atoms with Crippen LogP contribution in [0.3, 0.4) is 0 Å². The summed E-state index contributed by atoms with van der Waals surface area (Å²) in [5.41, 5.74) is 0.545. The summed E-state index contributed by atoms with van der Waals surface area (Å²) in [6.07, 6.45) is 1.53. The van der Waals surface area contributed by atoms with Crippen LogP contribution in [0.4, 0.5) is 5.13 Å². The summed E-state index contributed by atoms with van der Waals surface area (Å²) in [4.78, 5) is 8.45. The Hall–Kier alpha value is -0.910. The van der Waals surface area contributed by atoms with Gasteiger partial charge in [-0.05, 0) is 19.9 Å². The lowest BCUT2D eigenvalue weighted by Gasteiger charge is -2.03. The number of anilines is 1. The van der Waals surface area contributed by atoms with E-state index in [2.05, 4.69) is 19.7 Å². The average Bonchev–Trinajstić information content (AvgIpc) is 2.65. The first kappa shape index (κ1) is 12.5. The number of rotatable bonds is 3. The zero-order valence-corrected chi connectivity index (χ0v) is 11.6. The van der Waals surface area contributed by atoms with Crippen molar-refractivity contribution in [2.75, 3.05) is 5.32 Å². The first-order valence-electron chi connectivity index (χ1n) is 4.98. The van der Waals surface area contributed by atoms with E-state index in [0.717, 1.165) is 5.13 Å². The molecule has 0 bridgehead atoms. The Morgan fingerprint density at radius 3 is 2.76 bits per heavy atom. The molecule has 2 aromatic heterocycles. The van der Waals surface area contributed by atoms with E-state index in [1.54, 1.807) is 6.07 Å². The Labute approximate surface area is 113 Å². The van der Waals surface area contributed by atoms with Crippen LogP contribution >= 0.6 is 34.7 Å². The minimum absolute atomic E-state index is 0.310. The van der Waals surface area contributed by atoms with E-state index in [4.69, 9.17) is 23.2 Å². The summed E-state index contributed by atoms with van der Waals surface area (Å²) in [6.45, 7) is 4.07. The normalized spacial score (nSPS) is 10.9. The van der Waals surface area contributed by atoms with Crippen LogP contribution in [0.15, 0.2) is 12.3 Å². The van der Waals surface area contributed by atoms with Gasteiger partial charge >= 0.3 is 0 Å². The second-order valence-electron chi connectivity index (χ2n) is 3.71. The molecule has 0 spiro atoms. The smallest absolute Gasteiger partial charge is 0.203 e. The lowest BCUT2D eigenvalue weighted by molar-refractivity contribution is 0.896. The molecule has 0 aromatic carbocycles. The molecule has 4 nitrogen and oxygen atoms in total. The van der Waals surface area contributed by atoms with Gasteiger partial charge in [0.25, 0.3) is 0 Å². The van der Waals surface area contributed by atoms with Crippen molar-refractivity contribution >= 4 is 39.9 Å². The number of aromatic nitrogens is 3. The molecule has 90 valence electrons. The van der Waals surface area contributed by atoms with Crippen molar-refractivity contribution in [2.24, 2.45) is 0 Å². The molecular formula is C10H10Cl2N4S. The highest BCUT2D eigenvalue weighted by Gasteiger charge is 2.12. The predicted molar refractivity (Wildman–Crippen MR) is 71.9 cm³/mol. The van der Waals surface area contributed by atoms with Crippen LogP contribution in [-0.2, 0) is 0 Å². The van der Waals surface area contributed by atoms with Crippen LogP contribution < -0.4 is 5.32 Å². The lowest BCUT2D eigenvalue weighted by Crippen LogP contribution is -2.09. The summed E-state index contributed by atoms with van der Waals surface area (Å²) in [6, 6.07) is 1.94. The van der Waals surface area contributed by atoms with Gasteiger partial charge in [-0.15, -0.1) is 0 Å². The number of nitrogens with one attached hydrogen (secondary N) is 1. The molecule has 0 unspecified atom stereocenters. The van der Waals surface area contributed by atoms with E-state index in [1.165, 1.54) is 17.7 Å². The van der Waals surface area contributed by atoms with Gasteiger partial charge in [0.05, 0.1) is 10.0 Å². The van der Waals surface area contributed by atoms with Gasteiger partial charge in [-0.3, -0.25) is 0 Å². The first-order valence-corrected chi connectivity index (χ1v) is 6.51. The topological polar surface area (TPSA) is 50.7 Å². The third kappa shape index (κ3) is 3.06. The van der Waals surface area contributed by atoms with E-state index in [9.17, 15) is 0 Å². The van der Waals surface area contributed by atoms with Crippen molar-refractivity contribution in [1.29, 1.82) is 0 Å². The number of pyridine rings is 1. The molecule has 0 saturated heterocycles. The molecule has 0 aliphatic heterocycles. The zero-order chi connectivity index (χ0) is 12.4. The molecule has 0 atom stereocenters. The van der Waals surface area contributed by atoms with Crippen molar-refractivity contribution in [2.45, 2.75) is 19.9 Å². The van der Waals surface area contributed by atoms with Crippen LogP contribution in [0.1, 0.15) is 13.8 Å². The fourth-order valence-electron chi connectivity index (χ4n) is 1.20. The van der Waals surface area contributed by atoms with Gasteiger partial charge in [0.2, 0.25) is 5.13 Å². The molecule has 1 N–H and O–H groups in total. The van der Waals surface area contributed by atoms with Gasteiger partial charge < -0.3 is 5.32 Å². The maximum absolute atomic E-state index is 6.04. The number of halogens is 2. The molecule has 0 aliphatic rings. The third-order valence-corrected chi connectivity index (χ3v) is 3.00. The van der Waals surface area contributed by atoms with Crippen molar-refractivity contribution in [3.63, 3.8) is 0 Å². The van der Waals surface area contributed by atoms with Gasteiger partial charge in [0, 0.05) is 23.8 Å². The molecule has 0 radical (unpaired) electrons. The SMILES string of the molecule is CC(C)Nc1nc(-c2ncc(Cl)cc2Cl)ns1. The molecular weight excluding hydrogens is 279 g/mol. The van der Waals surface area contributed by atoms with Gasteiger partial charge in [-0.2, -0.15) is 9.36 Å². The van der Waals surface area contributed by atoms with Crippen LogP contribution in [0.5, 0.6) is 0 Å². The van der Waals surface area contributed by atoms with E-state index in [0.29, 0.717) is 27.6 Å². The average molecular weight is 289 g/mol. The Morgan fingerprint density at radius 2 is 2.12 bits per heavy atom. The second-order valence-corrected chi connectivity index (χ2v) is 5.30. The largest absolute Gasteiger partial charge is 0.358 e. The highest BCUT2D eigenvalue weighted by molar-refractivity contribution is 7.09. The fourth-order valence-corrected chi connectivity index (χ4v) is 2.38. The van der Waals surface area contributed by atoms with Crippen LogP contribution in [0.25, 0.3) is 11.5 Å². The van der Waals surface area contributed by atoms with Crippen molar-refractivity contribution < 1.29 is 0 Å². The minimum atomic E-state index is 0.310. The number of nitrogens with zero attached hydrogens (tertiary/aromatic N) is 3. The van der Waals surface area contributed by atoms with Gasteiger partial charge in [-0.25, -0.2) is 4.98 Å². The molecule has 7 heteroatoms. The first-order chi connectivity index (χ1) is 8.06. The van der Waals surface area contributed by atoms with Gasteiger partial charge in [0.1, 0.15) is 5.69 Å². The predicted octanol–water partition coefficient (Wildman–Crippen LogP) is 3.73. The summed E-state index contributed by atoms with van der Waals surface area (Å²) < 4.78 is 4.21. The summed E-state index contributed by atoms with van der Waals surface area (Å²) in [7, 11) is 0. The summed E-state index contributed by atoms with van der Waals surface area (Å²) in [5.74, 6) is 0.514. The van der Waals surface area contributed by atoms with E-state index >= 15 is 0 Å². The lowest BCUT2D eigenvalue weighted by atomic mass is 10.3. The standard InChI is InChI=1S/C10H10Cl2N4S/c1-5(2)14-10-15-9(16-17-10)8-7(12)3-6(11)4-13-8/h3-5H,1-2H3,(H,14,15,16). The third-order valence-electron chi connectivity index (χ3n) is 1.86. The fraction of sp³-hybridized carbons (Fsp3) is 0.300. The summed E-state index contributed by atoms with van der Waals surface area (Å²) >= 11 is 13.1. The molecule has 2 heterocycles. The Bertz CT molecular complexity index is 527. The van der Waals surface area contributed by atoms with E-state index in [1.807, 2.05) is 13.8 Å². The Balaban J connectivity index is 2.30. The van der Waals surface area contributed by atoms with Gasteiger partial charge in [0.15, 0.2) is 5.82 Å². The van der Waals surface area contributed by atoms with Crippen molar-refractivity contribution in [3.05, 3.63) is 22.3 Å². The Morgan fingerprint density at radius 1 is 1.35 bits per heavy atom. The molecule has 17 heavy (non-hydrogen) atoms. The zero-order valence-electron chi connectivity index (χ0n) is 9.24. The van der Waals surface area contributed by atoms with Crippen LogP contribution in [-0.4, -0.2) is 20.4 Å². The van der Waals surface area contributed by atoms with E-state index in [-0.39, 0.29) is 0 Å². The quantitative estimate of drug-likeness (QED) is 0.935. The second kappa shape index (κ2) is 5.16. The van der Waals surface area contributed by atoms with Crippen molar-refractivity contribution in [1.82, 2.24) is 14.3 Å². The molecule has 2 rings (SSSR count). The van der Waals surface area contributed by atoms with Crippen LogP contribution in [0.2, 0.25) is 10.0 Å². The number of hydrogen-bond acceptors (Lipinski definition) is 5. The Kier molecular flexibility index (Phi) is 3.81. The monoisotopic (exact) mass is 288 g/mol. The highest BCUT2D eigenvalue weighted by atomic mass is 35.5. The minimum Gasteiger partial charge on any atom is -0.358 e. The molecule has 0 amide bonds. The molecule has 0 saturated carbocycles. The van der Waals surface area contributed by atoms with E-state index < -0.39 is 0 Å². The van der Waals surface area contributed by atoms with Gasteiger partial charge in [-0.1, -0.05) is 23.2 Å². The maximum Gasteiger partial charge on any atom is 0.203 e. The highest BCUT2D eigenvalue weighted by Crippen LogP contribution is 2.28. The molecule has 2 aromatic rings. The maximum atomic E-state index is 6.04. The van der Waals surface area contributed by atoms with Crippen LogP contribution in [0, 0.1) is 0 Å². The summed E-state index contributed by atoms with van der Waals surface area (Å²) in [5, 5.41) is 4.87. The van der Waals surface area contributed by atoms with Crippen molar-refractivity contribution in [3.8, 4) is 11.5 Å². The molecule has 0 fully saturated rings. The molecule has 0 aliphatic carbocycles. The number of hydrogen-bond donors (Lipinski definition) is 1.